The van der Waals surface area contributed by atoms with Crippen LogP contribution in [0.2, 0.25) is 0 Å². The van der Waals surface area contributed by atoms with Crippen molar-refractivity contribution in [1.82, 2.24) is 5.32 Å². The number of amides is 1. The smallest absolute Gasteiger partial charge is 0.251 e. The molecule has 1 aromatic carbocycles. The number of rotatable bonds is 4. The van der Waals surface area contributed by atoms with Crippen LogP contribution in [0.1, 0.15) is 23.2 Å². The van der Waals surface area contributed by atoms with Crippen LogP contribution >= 0.6 is 0 Å². The van der Waals surface area contributed by atoms with Crippen molar-refractivity contribution in [3.8, 4) is 0 Å². The Morgan fingerprint density at radius 1 is 1.55 bits per heavy atom. The zero-order chi connectivity index (χ0) is 14.5. The van der Waals surface area contributed by atoms with Crippen LogP contribution in [0.3, 0.4) is 0 Å². The van der Waals surface area contributed by atoms with Gasteiger partial charge in [-0.2, -0.15) is 0 Å². The highest BCUT2D eigenvalue weighted by Gasteiger charge is 2.22. The van der Waals surface area contributed by atoms with Gasteiger partial charge >= 0.3 is 0 Å². The van der Waals surface area contributed by atoms with Crippen LogP contribution in [-0.4, -0.2) is 39.8 Å². The summed E-state index contributed by atoms with van der Waals surface area (Å²) in [5.41, 5.74) is 8.39. The average molecular weight is 277 g/mol. The Bertz CT molecular complexity index is 474. The number of nitrogen functional groups attached to an aromatic ring is 1. The minimum Gasteiger partial charge on any atom is -0.397 e. The molecule has 1 amide bonds. The predicted octanol–water partition coefficient (Wildman–Crippen LogP) is 1.49. The molecule has 0 aliphatic carbocycles. The molecule has 0 aromatic heterocycles. The van der Waals surface area contributed by atoms with E-state index in [0.717, 1.165) is 37.5 Å². The van der Waals surface area contributed by atoms with E-state index in [-0.39, 0.29) is 5.91 Å². The molecule has 1 atom stereocenters. The summed E-state index contributed by atoms with van der Waals surface area (Å²) in [7, 11) is 3.37. The number of nitrogens with two attached hydrogens (primary N) is 1. The summed E-state index contributed by atoms with van der Waals surface area (Å²) >= 11 is 0. The molecule has 110 valence electrons. The molecule has 1 aliphatic heterocycles. The van der Waals surface area contributed by atoms with Crippen LogP contribution in [0.5, 0.6) is 0 Å². The van der Waals surface area contributed by atoms with Gasteiger partial charge in [0.1, 0.15) is 0 Å². The molecule has 20 heavy (non-hydrogen) atoms. The summed E-state index contributed by atoms with van der Waals surface area (Å²) in [6, 6.07) is 5.44. The lowest BCUT2D eigenvalue weighted by Crippen LogP contribution is -2.37. The van der Waals surface area contributed by atoms with E-state index in [1.807, 2.05) is 6.07 Å². The zero-order valence-electron chi connectivity index (χ0n) is 12.2. The molecule has 0 saturated carbocycles. The normalized spacial score (nSPS) is 18.9. The molecule has 5 nitrogen and oxygen atoms in total. The van der Waals surface area contributed by atoms with Gasteiger partial charge in [-0.15, -0.1) is 0 Å². The van der Waals surface area contributed by atoms with Crippen molar-refractivity contribution in [2.24, 2.45) is 5.92 Å². The first kappa shape index (κ1) is 14.7. The van der Waals surface area contributed by atoms with Crippen LogP contribution in [0.4, 0.5) is 11.4 Å². The summed E-state index contributed by atoms with van der Waals surface area (Å²) < 4.78 is 5.25. The number of carbonyl (C=O) groups excluding carboxylic acids is 1. The van der Waals surface area contributed by atoms with E-state index < -0.39 is 0 Å². The van der Waals surface area contributed by atoms with Crippen LogP contribution < -0.4 is 16.0 Å². The van der Waals surface area contributed by atoms with Gasteiger partial charge in [-0.1, -0.05) is 0 Å². The van der Waals surface area contributed by atoms with Crippen molar-refractivity contribution in [3.05, 3.63) is 23.8 Å². The van der Waals surface area contributed by atoms with E-state index in [0.29, 0.717) is 11.5 Å². The van der Waals surface area contributed by atoms with Gasteiger partial charge in [0.15, 0.2) is 0 Å². The highest BCUT2D eigenvalue weighted by molar-refractivity contribution is 5.96. The first-order valence-corrected chi connectivity index (χ1v) is 7.01. The van der Waals surface area contributed by atoms with Crippen LogP contribution in [0.25, 0.3) is 0 Å². The van der Waals surface area contributed by atoms with Crippen LogP contribution in [0, 0.1) is 5.92 Å². The maximum Gasteiger partial charge on any atom is 0.251 e. The number of hydrogen-bond acceptors (Lipinski definition) is 4. The zero-order valence-corrected chi connectivity index (χ0v) is 12.2. The van der Waals surface area contributed by atoms with Crippen molar-refractivity contribution in [3.63, 3.8) is 0 Å². The molecular formula is C15H23N3O2. The molecule has 0 radical (unpaired) electrons. The lowest BCUT2D eigenvalue weighted by molar-refractivity contribution is 0.0963. The molecule has 1 heterocycles. The minimum atomic E-state index is -0.0864. The Morgan fingerprint density at radius 2 is 2.35 bits per heavy atom. The van der Waals surface area contributed by atoms with Crippen LogP contribution in [-0.2, 0) is 4.74 Å². The highest BCUT2D eigenvalue weighted by Crippen LogP contribution is 2.29. The lowest BCUT2D eigenvalue weighted by Gasteiger charge is -2.35. The second-order valence-electron chi connectivity index (χ2n) is 5.26. The highest BCUT2D eigenvalue weighted by atomic mass is 16.5. The Hall–Kier alpha value is -1.75. The fourth-order valence-corrected chi connectivity index (χ4v) is 2.76. The summed E-state index contributed by atoms with van der Waals surface area (Å²) in [5, 5.41) is 2.64. The topological polar surface area (TPSA) is 67.6 Å². The first-order chi connectivity index (χ1) is 9.65. The summed E-state index contributed by atoms with van der Waals surface area (Å²) in [4.78, 5) is 14.0. The molecule has 5 heteroatoms. The van der Waals surface area contributed by atoms with Gasteiger partial charge < -0.3 is 20.7 Å². The van der Waals surface area contributed by atoms with Crippen LogP contribution in [0.15, 0.2) is 18.2 Å². The summed E-state index contributed by atoms with van der Waals surface area (Å²) in [5.74, 6) is 0.438. The largest absolute Gasteiger partial charge is 0.397 e. The van der Waals surface area contributed by atoms with E-state index in [1.54, 1.807) is 26.3 Å². The third-order valence-corrected chi connectivity index (χ3v) is 3.78. The Labute approximate surface area is 120 Å². The molecular weight excluding hydrogens is 254 g/mol. The fraction of sp³-hybridized carbons (Fsp3) is 0.533. The number of benzene rings is 1. The fourth-order valence-electron chi connectivity index (χ4n) is 2.76. The lowest BCUT2D eigenvalue weighted by atomic mass is 9.98. The van der Waals surface area contributed by atoms with Gasteiger partial charge in [0.05, 0.1) is 18.0 Å². The maximum atomic E-state index is 11.7. The van der Waals surface area contributed by atoms with Crippen molar-refractivity contribution >= 4 is 17.3 Å². The standard InChI is InChI=1S/C15H23N3O2/c1-17-15(19)12-5-6-13(16)14(8-12)18-7-3-4-11(9-18)10-20-2/h5-6,8,11H,3-4,7,9-10,16H2,1-2H3,(H,17,19). The van der Waals surface area contributed by atoms with Gasteiger partial charge in [0.25, 0.3) is 5.91 Å². The maximum absolute atomic E-state index is 11.7. The van der Waals surface area contributed by atoms with Gasteiger partial charge in [-0.25, -0.2) is 0 Å². The first-order valence-electron chi connectivity index (χ1n) is 7.01. The monoisotopic (exact) mass is 277 g/mol. The van der Waals surface area contributed by atoms with Gasteiger partial charge in [-0.05, 0) is 37.0 Å². The van der Waals surface area contributed by atoms with Crippen molar-refractivity contribution < 1.29 is 9.53 Å². The number of piperidine rings is 1. The van der Waals surface area contributed by atoms with E-state index >= 15 is 0 Å². The molecule has 1 aliphatic rings. The second-order valence-corrected chi connectivity index (χ2v) is 5.26. The van der Waals surface area contributed by atoms with E-state index in [1.165, 1.54) is 6.42 Å². The van der Waals surface area contributed by atoms with E-state index in [2.05, 4.69) is 10.2 Å². The third kappa shape index (κ3) is 3.22. The number of ether oxygens (including phenoxy) is 1. The Kier molecular flexibility index (Phi) is 4.84. The third-order valence-electron chi connectivity index (χ3n) is 3.78. The second kappa shape index (κ2) is 6.61. The van der Waals surface area contributed by atoms with Crippen molar-refractivity contribution in [2.45, 2.75) is 12.8 Å². The minimum absolute atomic E-state index is 0.0864. The van der Waals surface area contributed by atoms with Gasteiger partial charge in [0, 0.05) is 32.8 Å². The van der Waals surface area contributed by atoms with E-state index in [4.69, 9.17) is 10.5 Å². The quantitative estimate of drug-likeness (QED) is 0.818. The van der Waals surface area contributed by atoms with Gasteiger partial charge in [0.2, 0.25) is 0 Å². The Balaban J connectivity index is 2.20. The molecule has 1 aromatic rings. The predicted molar refractivity (Wildman–Crippen MR) is 81.1 cm³/mol. The summed E-state index contributed by atoms with van der Waals surface area (Å²) in [6.45, 7) is 2.67. The number of hydrogen-bond donors (Lipinski definition) is 2. The molecule has 1 saturated heterocycles. The van der Waals surface area contributed by atoms with Gasteiger partial charge in [-0.3, -0.25) is 4.79 Å². The molecule has 1 fully saturated rings. The molecule has 2 rings (SSSR count). The number of methoxy groups -OCH3 is 1. The number of carbonyl (C=O) groups is 1. The number of nitrogens with zero attached hydrogens (tertiary/aromatic N) is 1. The van der Waals surface area contributed by atoms with E-state index in [9.17, 15) is 4.79 Å². The SMILES string of the molecule is CNC(=O)c1ccc(N)c(N2CCCC(COC)C2)c1. The summed E-state index contributed by atoms with van der Waals surface area (Å²) in [6.07, 6.45) is 2.30. The van der Waals surface area contributed by atoms with Crippen molar-refractivity contribution in [2.75, 3.05) is 44.5 Å². The number of nitrogens with one attached hydrogen (secondary N) is 1. The van der Waals surface area contributed by atoms with Crippen molar-refractivity contribution in [1.29, 1.82) is 0 Å². The number of anilines is 2. The average Bonchev–Trinajstić information content (AvgIpc) is 2.47. The Morgan fingerprint density at radius 3 is 3.05 bits per heavy atom. The molecule has 0 bridgehead atoms. The molecule has 0 spiro atoms. The molecule has 3 N–H and O–H groups in total. The molecule has 1 unspecified atom stereocenters.